The third-order valence-electron chi connectivity index (χ3n) is 3.66. The quantitative estimate of drug-likeness (QED) is 0.667. The molecule has 0 amide bonds. The smallest absolute Gasteiger partial charge is 0.233 e. The van der Waals surface area contributed by atoms with Gasteiger partial charge in [-0.2, -0.15) is 0 Å². The van der Waals surface area contributed by atoms with E-state index in [2.05, 4.69) is 0 Å². The predicted molar refractivity (Wildman–Crippen MR) is 66.2 cm³/mol. The summed E-state index contributed by atoms with van der Waals surface area (Å²) in [5.41, 5.74) is -0.309. The minimum atomic E-state index is -3.45. The lowest BCUT2D eigenvalue weighted by Gasteiger charge is -2.34. The Labute approximate surface area is 103 Å². The monoisotopic (exact) mass is 268 g/mol. The molecule has 0 N–H and O–H groups in total. The molecule has 0 atom stereocenters. The van der Waals surface area contributed by atoms with Crippen LogP contribution in [-0.4, -0.2) is 26.9 Å². The third kappa shape index (κ3) is 4.22. The Kier molecular flexibility index (Phi) is 5.08. The van der Waals surface area contributed by atoms with Crippen molar-refractivity contribution < 1.29 is 13.2 Å². The Morgan fingerprint density at radius 1 is 1.31 bits per heavy atom. The molecule has 1 rings (SSSR count). The molecule has 0 spiro atoms. The van der Waals surface area contributed by atoms with Crippen molar-refractivity contribution in [3.63, 3.8) is 0 Å². The second-order valence-corrected chi connectivity index (χ2v) is 7.53. The first-order valence-corrected chi connectivity index (χ1v) is 8.42. The van der Waals surface area contributed by atoms with Gasteiger partial charge < -0.3 is 4.74 Å². The van der Waals surface area contributed by atoms with Gasteiger partial charge in [-0.3, -0.25) is 0 Å². The summed E-state index contributed by atoms with van der Waals surface area (Å²) in [4.78, 5) is 0. The maximum absolute atomic E-state index is 11.2. The van der Waals surface area contributed by atoms with Gasteiger partial charge in [0.25, 0.3) is 0 Å². The minimum absolute atomic E-state index is 0.0152. The zero-order valence-corrected chi connectivity index (χ0v) is 11.6. The van der Waals surface area contributed by atoms with Gasteiger partial charge in [0.05, 0.1) is 18.5 Å². The van der Waals surface area contributed by atoms with E-state index < -0.39 is 9.05 Å². The molecule has 0 aromatic carbocycles. The molecule has 0 aromatic rings. The van der Waals surface area contributed by atoms with Crippen LogP contribution in [0.25, 0.3) is 0 Å². The van der Waals surface area contributed by atoms with Crippen LogP contribution in [0.4, 0.5) is 0 Å². The molecule has 1 aliphatic carbocycles. The lowest BCUT2D eigenvalue weighted by Crippen LogP contribution is -2.35. The highest BCUT2D eigenvalue weighted by atomic mass is 35.7. The van der Waals surface area contributed by atoms with Crippen molar-refractivity contribution in [1.82, 2.24) is 0 Å². The lowest BCUT2D eigenvalue weighted by atomic mass is 9.85. The van der Waals surface area contributed by atoms with Crippen molar-refractivity contribution in [3.05, 3.63) is 0 Å². The molecule has 0 bridgehead atoms. The highest BCUT2D eigenvalue weighted by Gasteiger charge is 2.33. The minimum Gasteiger partial charge on any atom is -0.378 e. The van der Waals surface area contributed by atoms with Crippen molar-refractivity contribution in [2.24, 2.45) is 5.41 Å². The highest BCUT2D eigenvalue weighted by Crippen LogP contribution is 2.32. The van der Waals surface area contributed by atoms with Gasteiger partial charge in [-0.1, -0.05) is 13.8 Å². The predicted octanol–water partition coefficient (Wildman–Crippen LogP) is 2.93. The molecule has 1 fully saturated rings. The molecular formula is C11H21ClO3S. The zero-order valence-electron chi connectivity index (χ0n) is 10.0. The van der Waals surface area contributed by atoms with E-state index >= 15 is 0 Å². The van der Waals surface area contributed by atoms with Gasteiger partial charge in [0, 0.05) is 16.1 Å². The van der Waals surface area contributed by atoms with Crippen LogP contribution in [0, 0.1) is 5.41 Å². The average molecular weight is 269 g/mol. The molecule has 0 aromatic heterocycles. The van der Waals surface area contributed by atoms with E-state index in [1.807, 2.05) is 13.8 Å². The van der Waals surface area contributed by atoms with E-state index in [1.54, 1.807) is 0 Å². The number of ether oxygens (including phenoxy) is 1. The molecule has 3 nitrogen and oxygen atoms in total. The first-order valence-electron chi connectivity index (χ1n) is 5.95. The molecule has 0 unspecified atom stereocenters. The van der Waals surface area contributed by atoms with E-state index in [1.165, 1.54) is 6.42 Å². The van der Waals surface area contributed by atoms with Gasteiger partial charge in [0.2, 0.25) is 9.05 Å². The maximum Gasteiger partial charge on any atom is 0.233 e. The van der Waals surface area contributed by atoms with Crippen molar-refractivity contribution in [1.29, 1.82) is 0 Å². The number of hydrogen-bond acceptors (Lipinski definition) is 3. The van der Waals surface area contributed by atoms with Crippen molar-refractivity contribution >= 4 is 19.7 Å². The molecule has 0 saturated heterocycles. The number of rotatable bonds is 7. The van der Waals surface area contributed by atoms with Gasteiger partial charge in [0.1, 0.15) is 0 Å². The van der Waals surface area contributed by atoms with Crippen LogP contribution in [0.2, 0.25) is 0 Å². The summed E-state index contributed by atoms with van der Waals surface area (Å²) in [6, 6.07) is 0. The van der Waals surface area contributed by atoms with E-state index in [-0.39, 0.29) is 11.2 Å². The largest absolute Gasteiger partial charge is 0.378 e. The fraction of sp³-hybridized carbons (Fsp3) is 1.00. The van der Waals surface area contributed by atoms with Gasteiger partial charge in [-0.05, 0) is 32.1 Å². The molecule has 1 saturated carbocycles. The van der Waals surface area contributed by atoms with Crippen LogP contribution in [0.1, 0.15) is 46.0 Å². The first-order chi connectivity index (χ1) is 7.41. The Morgan fingerprint density at radius 2 is 1.88 bits per heavy atom. The van der Waals surface area contributed by atoms with Crippen LogP contribution in [0.3, 0.4) is 0 Å². The van der Waals surface area contributed by atoms with Gasteiger partial charge in [-0.15, -0.1) is 0 Å². The van der Waals surface area contributed by atoms with Gasteiger partial charge in [-0.25, -0.2) is 8.42 Å². The summed E-state index contributed by atoms with van der Waals surface area (Å²) >= 11 is 0. The van der Waals surface area contributed by atoms with Crippen LogP contribution < -0.4 is 0 Å². The summed E-state index contributed by atoms with van der Waals surface area (Å²) in [6.45, 7) is 4.50. The normalized spacial score (nSPS) is 18.4. The van der Waals surface area contributed by atoms with Crippen molar-refractivity contribution in [2.45, 2.75) is 52.1 Å². The van der Waals surface area contributed by atoms with Crippen LogP contribution in [-0.2, 0) is 13.8 Å². The number of hydrogen-bond donors (Lipinski definition) is 0. The van der Waals surface area contributed by atoms with E-state index in [9.17, 15) is 8.42 Å². The SMILES string of the molecule is CCC(CC)(COC1CCC1)CS(=O)(=O)Cl. The van der Waals surface area contributed by atoms with Gasteiger partial charge >= 0.3 is 0 Å². The zero-order chi connectivity index (χ0) is 12.2. The fourth-order valence-electron chi connectivity index (χ4n) is 1.90. The summed E-state index contributed by atoms with van der Waals surface area (Å²) < 4.78 is 28.2. The Balaban J connectivity index is 2.55. The lowest BCUT2D eigenvalue weighted by molar-refractivity contribution is -0.0412. The average Bonchev–Trinajstić information content (AvgIpc) is 2.11. The summed E-state index contributed by atoms with van der Waals surface area (Å²) in [7, 11) is 1.90. The molecule has 0 aliphatic heterocycles. The first kappa shape index (κ1) is 14.3. The molecule has 96 valence electrons. The van der Waals surface area contributed by atoms with Crippen LogP contribution in [0.15, 0.2) is 0 Å². The van der Waals surface area contributed by atoms with Crippen LogP contribution >= 0.6 is 10.7 Å². The molecule has 0 heterocycles. The second-order valence-electron chi connectivity index (χ2n) is 4.75. The van der Waals surface area contributed by atoms with Crippen molar-refractivity contribution in [3.8, 4) is 0 Å². The molecule has 16 heavy (non-hydrogen) atoms. The standard InChI is InChI=1S/C11H21ClO3S/c1-3-11(4-2,9-16(12,13)14)8-15-10-6-5-7-10/h10H,3-9H2,1-2H3. The third-order valence-corrected chi connectivity index (χ3v) is 4.94. The molecular weight excluding hydrogens is 248 g/mol. The Morgan fingerprint density at radius 3 is 2.19 bits per heavy atom. The van der Waals surface area contributed by atoms with Gasteiger partial charge in [0.15, 0.2) is 0 Å². The second kappa shape index (κ2) is 5.69. The highest BCUT2D eigenvalue weighted by molar-refractivity contribution is 8.13. The Bertz CT molecular complexity index is 305. The summed E-state index contributed by atoms with van der Waals surface area (Å²) in [6.07, 6.45) is 5.35. The Hall–Kier alpha value is 0.200. The molecule has 1 aliphatic rings. The summed E-state index contributed by atoms with van der Waals surface area (Å²) in [5.74, 6) is 0.0152. The maximum atomic E-state index is 11.2. The molecule has 0 radical (unpaired) electrons. The summed E-state index contributed by atoms with van der Waals surface area (Å²) in [5, 5.41) is 0. The van der Waals surface area contributed by atoms with E-state index in [4.69, 9.17) is 15.4 Å². The van der Waals surface area contributed by atoms with E-state index in [0.29, 0.717) is 12.7 Å². The van der Waals surface area contributed by atoms with Crippen LogP contribution in [0.5, 0.6) is 0 Å². The number of halogens is 1. The topological polar surface area (TPSA) is 43.4 Å². The molecule has 5 heteroatoms. The fourth-order valence-corrected chi connectivity index (χ4v) is 3.82. The van der Waals surface area contributed by atoms with E-state index in [0.717, 1.165) is 25.7 Å². The van der Waals surface area contributed by atoms with Crippen molar-refractivity contribution in [2.75, 3.05) is 12.4 Å².